The van der Waals surface area contributed by atoms with Crippen molar-refractivity contribution >= 4 is 0 Å². The van der Waals surface area contributed by atoms with Crippen molar-refractivity contribution in [3.63, 3.8) is 0 Å². The standard InChI is InChI=1S/C12H11F3/c1-2-3-4-5-10-6-8-11(9-7-10)12(13,14)15/h2-4,6-9H,1,5H2. The van der Waals surface area contributed by atoms with E-state index in [2.05, 4.69) is 6.58 Å². The predicted molar refractivity (Wildman–Crippen MR) is 54.5 cm³/mol. The highest BCUT2D eigenvalue weighted by molar-refractivity contribution is 5.26. The molecule has 1 aromatic carbocycles. The molecule has 80 valence electrons. The smallest absolute Gasteiger partial charge is 0.166 e. The molecule has 0 bridgehead atoms. The Morgan fingerprint density at radius 1 is 1.13 bits per heavy atom. The fourth-order valence-electron chi connectivity index (χ4n) is 1.13. The van der Waals surface area contributed by atoms with Crippen molar-refractivity contribution in [1.82, 2.24) is 0 Å². The molecular formula is C12H11F3. The van der Waals surface area contributed by atoms with Gasteiger partial charge in [-0.2, -0.15) is 13.2 Å². The molecule has 1 rings (SSSR count). The van der Waals surface area contributed by atoms with Gasteiger partial charge in [0.2, 0.25) is 0 Å². The predicted octanol–water partition coefficient (Wildman–Crippen LogP) is 3.99. The second kappa shape index (κ2) is 4.82. The average molecular weight is 212 g/mol. The number of rotatable bonds is 3. The molecule has 3 heteroatoms. The van der Waals surface area contributed by atoms with Gasteiger partial charge in [-0.05, 0) is 24.1 Å². The summed E-state index contributed by atoms with van der Waals surface area (Å²) in [5.74, 6) is 0. The SMILES string of the molecule is C=CC=CCc1ccc(C(F)(F)F)cc1. The van der Waals surface area contributed by atoms with Crippen LogP contribution in [0.1, 0.15) is 11.1 Å². The molecule has 0 saturated carbocycles. The van der Waals surface area contributed by atoms with Gasteiger partial charge in [0, 0.05) is 0 Å². The minimum absolute atomic E-state index is 0.612. The van der Waals surface area contributed by atoms with Gasteiger partial charge in [-0.15, -0.1) is 0 Å². The summed E-state index contributed by atoms with van der Waals surface area (Å²) < 4.78 is 36.6. The number of alkyl halides is 3. The minimum atomic E-state index is -4.25. The number of halogens is 3. The van der Waals surface area contributed by atoms with E-state index in [1.165, 1.54) is 12.1 Å². The molecule has 0 heterocycles. The number of hydrogen-bond donors (Lipinski definition) is 0. The fraction of sp³-hybridized carbons (Fsp3) is 0.167. The molecule has 0 fully saturated rings. The minimum Gasteiger partial charge on any atom is -0.166 e. The molecule has 0 aliphatic rings. The normalized spacial score (nSPS) is 11.9. The van der Waals surface area contributed by atoms with Crippen molar-refractivity contribution in [3.8, 4) is 0 Å². The molecule has 0 atom stereocenters. The van der Waals surface area contributed by atoms with Crippen LogP contribution in [0.5, 0.6) is 0 Å². The quantitative estimate of drug-likeness (QED) is 0.664. The molecule has 0 amide bonds. The Balaban J connectivity index is 2.72. The molecule has 0 nitrogen and oxygen atoms in total. The van der Waals surface area contributed by atoms with Gasteiger partial charge in [0.05, 0.1) is 5.56 Å². The lowest BCUT2D eigenvalue weighted by atomic mass is 10.1. The van der Waals surface area contributed by atoms with E-state index < -0.39 is 11.7 Å². The van der Waals surface area contributed by atoms with Gasteiger partial charge < -0.3 is 0 Å². The average Bonchev–Trinajstić information content (AvgIpc) is 2.18. The van der Waals surface area contributed by atoms with Crippen molar-refractivity contribution in [1.29, 1.82) is 0 Å². The summed E-state index contributed by atoms with van der Waals surface area (Å²) >= 11 is 0. The molecule has 0 unspecified atom stereocenters. The van der Waals surface area contributed by atoms with Crippen LogP contribution in [0.25, 0.3) is 0 Å². The zero-order valence-corrected chi connectivity index (χ0v) is 8.09. The molecule has 1 aromatic rings. The summed E-state index contributed by atoms with van der Waals surface area (Å²) in [5.41, 5.74) is 0.236. The first-order valence-corrected chi connectivity index (χ1v) is 4.48. The fourth-order valence-corrected chi connectivity index (χ4v) is 1.13. The third-order valence-corrected chi connectivity index (χ3v) is 1.91. The molecule has 15 heavy (non-hydrogen) atoms. The van der Waals surface area contributed by atoms with E-state index in [0.29, 0.717) is 6.42 Å². The Hall–Kier alpha value is -1.51. The highest BCUT2D eigenvalue weighted by Gasteiger charge is 2.29. The molecule has 0 aliphatic heterocycles. The van der Waals surface area contributed by atoms with Gasteiger partial charge in [-0.1, -0.05) is 36.9 Å². The largest absolute Gasteiger partial charge is 0.416 e. The molecule has 0 saturated heterocycles. The first-order valence-electron chi connectivity index (χ1n) is 4.48. The monoisotopic (exact) mass is 212 g/mol. The van der Waals surface area contributed by atoms with E-state index in [1.807, 2.05) is 6.08 Å². The van der Waals surface area contributed by atoms with Crippen LogP contribution in [0, 0.1) is 0 Å². The lowest BCUT2D eigenvalue weighted by molar-refractivity contribution is -0.137. The van der Waals surface area contributed by atoms with Crippen molar-refractivity contribution in [2.45, 2.75) is 12.6 Å². The third-order valence-electron chi connectivity index (χ3n) is 1.91. The van der Waals surface area contributed by atoms with Crippen molar-refractivity contribution in [2.75, 3.05) is 0 Å². The topological polar surface area (TPSA) is 0 Å². The van der Waals surface area contributed by atoms with Gasteiger partial charge >= 0.3 is 6.18 Å². The second-order valence-corrected chi connectivity index (χ2v) is 3.06. The Bertz CT molecular complexity index is 344. The highest BCUT2D eigenvalue weighted by Crippen LogP contribution is 2.29. The molecule has 0 aliphatic carbocycles. The number of allylic oxidation sites excluding steroid dienone is 3. The first kappa shape index (κ1) is 11.6. The lowest BCUT2D eigenvalue weighted by Gasteiger charge is -2.06. The summed E-state index contributed by atoms with van der Waals surface area (Å²) in [6.07, 6.45) is 1.59. The lowest BCUT2D eigenvalue weighted by Crippen LogP contribution is -2.04. The van der Waals surface area contributed by atoms with E-state index in [4.69, 9.17) is 0 Å². The van der Waals surface area contributed by atoms with Crippen LogP contribution < -0.4 is 0 Å². The van der Waals surface area contributed by atoms with E-state index in [0.717, 1.165) is 17.7 Å². The van der Waals surface area contributed by atoms with Crippen LogP contribution >= 0.6 is 0 Å². The second-order valence-electron chi connectivity index (χ2n) is 3.06. The van der Waals surface area contributed by atoms with E-state index >= 15 is 0 Å². The van der Waals surface area contributed by atoms with Crippen LogP contribution in [0.2, 0.25) is 0 Å². The zero-order chi connectivity index (χ0) is 11.3. The van der Waals surface area contributed by atoms with Crippen LogP contribution in [-0.4, -0.2) is 0 Å². The van der Waals surface area contributed by atoms with Gasteiger partial charge in [0.25, 0.3) is 0 Å². The molecule has 0 spiro atoms. The Morgan fingerprint density at radius 2 is 1.73 bits per heavy atom. The van der Waals surface area contributed by atoms with Crippen molar-refractivity contribution in [3.05, 3.63) is 60.2 Å². The summed E-state index contributed by atoms with van der Waals surface area (Å²) in [6.45, 7) is 3.50. The van der Waals surface area contributed by atoms with Gasteiger partial charge in [0.1, 0.15) is 0 Å². The van der Waals surface area contributed by atoms with Gasteiger partial charge in [-0.3, -0.25) is 0 Å². The summed E-state index contributed by atoms with van der Waals surface area (Å²) in [5, 5.41) is 0. The van der Waals surface area contributed by atoms with Crippen molar-refractivity contribution in [2.24, 2.45) is 0 Å². The van der Waals surface area contributed by atoms with Gasteiger partial charge in [0.15, 0.2) is 0 Å². The Morgan fingerprint density at radius 3 is 2.20 bits per heavy atom. The maximum absolute atomic E-state index is 12.2. The highest BCUT2D eigenvalue weighted by atomic mass is 19.4. The Labute approximate surface area is 86.7 Å². The van der Waals surface area contributed by atoms with Crippen LogP contribution in [0.3, 0.4) is 0 Å². The van der Waals surface area contributed by atoms with Crippen LogP contribution in [0.15, 0.2) is 49.1 Å². The maximum Gasteiger partial charge on any atom is 0.416 e. The summed E-state index contributed by atoms with van der Waals surface area (Å²) in [6, 6.07) is 5.15. The molecule has 0 aromatic heterocycles. The van der Waals surface area contributed by atoms with E-state index in [-0.39, 0.29) is 0 Å². The Kier molecular flexibility index (Phi) is 3.72. The number of hydrogen-bond acceptors (Lipinski definition) is 0. The maximum atomic E-state index is 12.2. The van der Waals surface area contributed by atoms with Crippen molar-refractivity contribution < 1.29 is 13.2 Å². The third kappa shape index (κ3) is 3.62. The van der Waals surface area contributed by atoms with Crippen LogP contribution in [0.4, 0.5) is 13.2 Å². The molecular weight excluding hydrogens is 201 g/mol. The zero-order valence-electron chi connectivity index (χ0n) is 8.09. The first-order chi connectivity index (χ1) is 7.04. The van der Waals surface area contributed by atoms with Gasteiger partial charge in [-0.25, -0.2) is 0 Å². The molecule has 0 N–H and O–H groups in total. The summed E-state index contributed by atoms with van der Waals surface area (Å²) in [7, 11) is 0. The van der Waals surface area contributed by atoms with E-state index in [9.17, 15) is 13.2 Å². The molecule has 0 radical (unpaired) electrons. The van der Waals surface area contributed by atoms with E-state index in [1.54, 1.807) is 12.2 Å². The number of benzene rings is 1. The van der Waals surface area contributed by atoms with Crippen LogP contribution in [-0.2, 0) is 12.6 Å². The summed E-state index contributed by atoms with van der Waals surface area (Å²) in [4.78, 5) is 0.